The molecule has 48 heavy (non-hydrogen) atoms. The molecule has 1 aliphatic heterocycles. The highest BCUT2D eigenvalue weighted by Gasteiger charge is 2.29. The van der Waals surface area contributed by atoms with E-state index in [1.807, 2.05) is 36.4 Å². The Balaban J connectivity index is 1.20. The molecule has 6 rings (SSSR count). The van der Waals surface area contributed by atoms with Gasteiger partial charge in [-0.05, 0) is 61.6 Å². The normalized spacial score (nSPS) is 16.9. The van der Waals surface area contributed by atoms with Gasteiger partial charge < -0.3 is 31.1 Å². The van der Waals surface area contributed by atoms with Gasteiger partial charge in [0, 0.05) is 60.0 Å². The van der Waals surface area contributed by atoms with Crippen molar-refractivity contribution in [1.82, 2.24) is 25.9 Å². The number of anilines is 1. The lowest BCUT2D eigenvalue weighted by atomic mass is 9.99. The summed E-state index contributed by atoms with van der Waals surface area (Å²) in [7, 11) is 1.63. The Bertz CT molecular complexity index is 1800. The lowest BCUT2D eigenvalue weighted by molar-refractivity contribution is -0.119. The number of carbonyl (C=O) groups is 2. The van der Waals surface area contributed by atoms with Gasteiger partial charge in [-0.15, -0.1) is 0 Å². The predicted molar refractivity (Wildman–Crippen MR) is 188 cm³/mol. The van der Waals surface area contributed by atoms with E-state index >= 15 is 0 Å². The van der Waals surface area contributed by atoms with Crippen LogP contribution in [0.25, 0.3) is 22.4 Å². The number of amides is 2. The number of aryl methyl sites for hydroxylation is 1. The first-order valence-corrected chi connectivity index (χ1v) is 16.9. The van der Waals surface area contributed by atoms with E-state index in [4.69, 9.17) is 38.0 Å². The fourth-order valence-electron chi connectivity index (χ4n) is 6.37. The maximum absolute atomic E-state index is 13.1. The molecular formula is C36H38Cl2N6O4. The molecule has 0 unspecified atom stereocenters. The fourth-order valence-corrected chi connectivity index (χ4v) is 6.96. The van der Waals surface area contributed by atoms with Gasteiger partial charge in [0.15, 0.2) is 0 Å². The van der Waals surface area contributed by atoms with Crippen LogP contribution in [0, 0.1) is 0 Å². The molecule has 0 saturated carbocycles. The number of hydrogen-bond acceptors (Lipinski definition) is 8. The number of benzene rings is 2. The smallest absolute Gasteiger partial charge is 0.274 e. The minimum atomic E-state index is -0.392. The van der Waals surface area contributed by atoms with Crippen LogP contribution in [0.1, 0.15) is 58.9 Å². The standard InChI is InChI=1S/C36H38Cl2N6O4/c1-48-36-32-22(9-12-27(32)40-15-14-23-10-13-31(46)42-23)18-30(44-36)26-6-2-4-24(33(26)37)25-5-3-7-28(34(25)38)43-35(47)29-11-8-21(20-41-29)19-39-16-17-45/h2-8,11,18,20,23,27,39-40,45H,9-10,12-17,19H2,1H3,(H,42,46)(H,43,47)/t23-,27-/m0/s1. The third-order valence-corrected chi connectivity index (χ3v) is 9.62. The molecule has 1 aliphatic carbocycles. The van der Waals surface area contributed by atoms with Crippen LogP contribution in [0.3, 0.4) is 0 Å². The van der Waals surface area contributed by atoms with Gasteiger partial charge in [0.1, 0.15) is 5.69 Å². The van der Waals surface area contributed by atoms with Crippen LogP contribution in [0.2, 0.25) is 10.0 Å². The number of methoxy groups -OCH3 is 1. The van der Waals surface area contributed by atoms with E-state index in [0.717, 1.165) is 54.5 Å². The van der Waals surface area contributed by atoms with Crippen LogP contribution in [0.4, 0.5) is 5.69 Å². The third kappa shape index (κ3) is 7.48. The first-order valence-electron chi connectivity index (χ1n) is 16.1. The third-order valence-electron chi connectivity index (χ3n) is 8.81. The topological polar surface area (TPSA) is 138 Å². The van der Waals surface area contributed by atoms with Crippen LogP contribution in [-0.4, -0.2) is 59.7 Å². The number of aliphatic hydroxyl groups is 1. The monoisotopic (exact) mass is 688 g/mol. The summed E-state index contributed by atoms with van der Waals surface area (Å²) in [4.78, 5) is 33.8. The Labute approximate surface area is 289 Å². The van der Waals surface area contributed by atoms with Gasteiger partial charge in [-0.1, -0.05) is 59.6 Å². The first kappa shape index (κ1) is 33.8. The van der Waals surface area contributed by atoms with Gasteiger partial charge in [0.25, 0.3) is 5.91 Å². The highest BCUT2D eigenvalue weighted by atomic mass is 35.5. The Hall–Kier alpha value is -4.06. The minimum absolute atomic E-state index is 0.0483. The highest BCUT2D eigenvalue weighted by Crippen LogP contribution is 2.44. The number of nitrogens with zero attached hydrogens (tertiary/aromatic N) is 2. The van der Waals surface area contributed by atoms with Crippen molar-refractivity contribution >= 4 is 40.7 Å². The molecule has 0 spiro atoms. The maximum atomic E-state index is 13.1. The molecule has 250 valence electrons. The van der Waals surface area contributed by atoms with Gasteiger partial charge in [-0.2, -0.15) is 0 Å². The lowest BCUT2D eigenvalue weighted by Crippen LogP contribution is -2.30. The van der Waals surface area contributed by atoms with E-state index in [1.54, 1.807) is 25.4 Å². The molecule has 0 radical (unpaired) electrons. The van der Waals surface area contributed by atoms with Gasteiger partial charge in [0.05, 0.1) is 35.1 Å². The van der Waals surface area contributed by atoms with E-state index in [1.165, 1.54) is 0 Å². The molecule has 2 amide bonds. The Morgan fingerprint density at radius 2 is 1.81 bits per heavy atom. The van der Waals surface area contributed by atoms with Crippen molar-refractivity contribution in [3.05, 3.63) is 93.2 Å². The Morgan fingerprint density at radius 3 is 2.54 bits per heavy atom. The van der Waals surface area contributed by atoms with E-state index in [0.29, 0.717) is 57.9 Å². The van der Waals surface area contributed by atoms with Crippen molar-refractivity contribution in [2.24, 2.45) is 0 Å². The zero-order chi connectivity index (χ0) is 33.6. The molecular weight excluding hydrogens is 651 g/mol. The number of halogens is 2. The molecule has 2 atom stereocenters. The molecule has 4 aromatic rings. The van der Waals surface area contributed by atoms with Gasteiger partial charge in [-0.3, -0.25) is 14.6 Å². The summed E-state index contributed by atoms with van der Waals surface area (Å²) < 4.78 is 5.80. The highest BCUT2D eigenvalue weighted by molar-refractivity contribution is 6.39. The first-order chi connectivity index (χ1) is 23.4. The zero-order valence-electron chi connectivity index (χ0n) is 26.6. The van der Waals surface area contributed by atoms with Crippen LogP contribution in [0.15, 0.2) is 60.8 Å². The number of rotatable bonds is 13. The number of nitrogens with one attached hydrogen (secondary N) is 4. The Morgan fingerprint density at radius 1 is 1.02 bits per heavy atom. The number of ether oxygens (including phenoxy) is 1. The summed E-state index contributed by atoms with van der Waals surface area (Å²) in [6, 6.07) is 17.0. The lowest BCUT2D eigenvalue weighted by Gasteiger charge is -2.19. The summed E-state index contributed by atoms with van der Waals surface area (Å²) in [5, 5.41) is 22.4. The van der Waals surface area contributed by atoms with E-state index in [-0.39, 0.29) is 30.3 Å². The molecule has 2 aromatic heterocycles. The minimum Gasteiger partial charge on any atom is -0.481 e. The van der Waals surface area contributed by atoms with Crippen LogP contribution in [0.5, 0.6) is 5.88 Å². The second-order valence-electron chi connectivity index (χ2n) is 12.0. The molecule has 1 saturated heterocycles. The largest absolute Gasteiger partial charge is 0.481 e. The van der Waals surface area contributed by atoms with E-state index < -0.39 is 5.91 Å². The summed E-state index contributed by atoms with van der Waals surface area (Å²) >= 11 is 14.0. The summed E-state index contributed by atoms with van der Waals surface area (Å²) in [5.74, 6) is 0.309. The average molecular weight is 690 g/mol. The SMILES string of the molecule is COc1nc(-c2cccc(-c3cccc(NC(=O)c4ccc(CNCCO)cn4)c3Cl)c2Cl)cc2c1[C@@H](NCC[C@@H]1CCC(=O)N1)CC2. The van der Waals surface area contributed by atoms with E-state index in [9.17, 15) is 9.59 Å². The maximum Gasteiger partial charge on any atom is 0.274 e. The zero-order valence-corrected chi connectivity index (χ0v) is 28.1. The molecule has 2 aromatic carbocycles. The molecule has 2 aliphatic rings. The fraction of sp³-hybridized carbons (Fsp3) is 0.333. The summed E-state index contributed by atoms with van der Waals surface area (Å²) in [6.07, 6.45) is 5.81. The summed E-state index contributed by atoms with van der Waals surface area (Å²) in [5.41, 5.74) is 6.62. The Kier molecular flexibility index (Phi) is 10.9. The molecule has 1 fully saturated rings. The molecule has 10 nitrogen and oxygen atoms in total. The molecule has 0 bridgehead atoms. The van der Waals surface area contributed by atoms with Crippen LogP contribution < -0.4 is 26.0 Å². The van der Waals surface area contributed by atoms with Crippen molar-refractivity contribution < 1.29 is 19.4 Å². The van der Waals surface area contributed by atoms with E-state index in [2.05, 4.69) is 32.3 Å². The van der Waals surface area contributed by atoms with Crippen molar-refractivity contribution in [1.29, 1.82) is 0 Å². The number of aliphatic hydroxyl groups excluding tert-OH is 1. The molecule has 12 heteroatoms. The number of carbonyl (C=O) groups excluding carboxylic acids is 2. The van der Waals surface area contributed by atoms with Gasteiger partial charge >= 0.3 is 0 Å². The van der Waals surface area contributed by atoms with Gasteiger partial charge in [0.2, 0.25) is 11.8 Å². The van der Waals surface area contributed by atoms with Crippen LogP contribution in [-0.2, 0) is 17.8 Å². The second-order valence-corrected chi connectivity index (χ2v) is 12.7. The number of pyridine rings is 2. The second kappa shape index (κ2) is 15.4. The van der Waals surface area contributed by atoms with Crippen molar-refractivity contribution in [3.8, 4) is 28.3 Å². The van der Waals surface area contributed by atoms with Crippen molar-refractivity contribution in [2.75, 3.05) is 32.1 Å². The average Bonchev–Trinajstić information content (AvgIpc) is 3.71. The summed E-state index contributed by atoms with van der Waals surface area (Å²) in [6.45, 7) is 1.86. The number of fused-ring (bicyclic) bond motifs is 1. The number of aromatic nitrogens is 2. The van der Waals surface area contributed by atoms with Crippen molar-refractivity contribution in [3.63, 3.8) is 0 Å². The molecule has 3 heterocycles. The van der Waals surface area contributed by atoms with Gasteiger partial charge in [-0.25, -0.2) is 4.98 Å². The molecule has 5 N–H and O–H groups in total. The van der Waals surface area contributed by atoms with Crippen LogP contribution >= 0.6 is 23.2 Å². The quantitative estimate of drug-likeness (QED) is 0.113. The van der Waals surface area contributed by atoms with Crippen molar-refractivity contribution in [2.45, 2.75) is 50.7 Å². The predicted octanol–water partition coefficient (Wildman–Crippen LogP) is 5.71. The number of hydrogen-bond donors (Lipinski definition) is 5.